The van der Waals surface area contributed by atoms with Crippen molar-refractivity contribution in [2.75, 3.05) is 9.80 Å². The van der Waals surface area contributed by atoms with E-state index in [9.17, 15) is 0 Å². The number of aromatic nitrogens is 3. The van der Waals surface area contributed by atoms with Crippen molar-refractivity contribution in [2.45, 2.75) is 13.8 Å². The molecule has 0 bridgehead atoms. The fraction of sp³-hybridized carbons (Fsp3) is 0.0370. The standard InChI is InChI=1S/C54H36BN5.Pt/c1-35-15-13-16-36(2)53(35)60-49-24-12-11-23-45(49)57-54(60)39-28-30-48-44(32-39)55-43-31-38(46-33-37-17-9-10-18-40(37)34-56-46)27-29-47(43)58(41-19-5-3-6-20-41)50-25-14-26-51(52(50)55)59(48)42-21-7-4-8-22-42;/h3-30,33-34H,1-2H3;/q-2;+2. The molecule has 0 unspecified atom stereocenters. The van der Waals surface area contributed by atoms with Gasteiger partial charge in [0, 0.05) is 34.6 Å². The Morgan fingerprint density at radius 1 is 0.508 bits per heavy atom. The normalized spacial score (nSPS) is 12.5. The molecule has 12 rings (SSSR count). The Kier molecular flexibility index (Phi) is 8.87. The van der Waals surface area contributed by atoms with Gasteiger partial charge < -0.3 is 19.4 Å². The third kappa shape index (κ3) is 5.81. The molecule has 290 valence electrons. The van der Waals surface area contributed by atoms with Crippen LogP contribution in [0.25, 0.3) is 50.1 Å². The Morgan fingerprint density at radius 2 is 1.07 bits per heavy atom. The molecule has 2 aromatic heterocycles. The van der Waals surface area contributed by atoms with Gasteiger partial charge in [0.2, 0.25) is 6.71 Å². The predicted octanol–water partition coefficient (Wildman–Crippen LogP) is 11.2. The minimum absolute atomic E-state index is 0. The number of fused-ring (bicyclic) bond motifs is 6. The second-order valence-electron chi connectivity index (χ2n) is 15.7. The van der Waals surface area contributed by atoms with Gasteiger partial charge in [-0.05, 0) is 107 Å². The third-order valence-electron chi connectivity index (χ3n) is 12.2. The summed E-state index contributed by atoms with van der Waals surface area (Å²) in [4.78, 5) is 15.1. The van der Waals surface area contributed by atoms with E-state index in [1.165, 1.54) is 16.6 Å². The number of hydrogen-bond acceptors (Lipinski definition) is 4. The van der Waals surface area contributed by atoms with E-state index >= 15 is 0 Å². The Hall–Kier alpha value is -7.01. The van der Waals surface area contributed by atoms with E-state index in [1.54, 1.807) is 0 Å². The minimum Gasteiger partial charge on any atom is -0.353 e. The van der Waals surface area contributed by atoms with Crippen molar-refractivity contribution < 1.29 is 21.1 Å². The average Bonchev–Trinajstić information content (AvgIpc) is 3.68. The van der Waals surface area contributed by atoms with E-state index in [0.29, 0.717) is 0 Å². The molecule has 2 aliphatic heterocycles. The molecule has 0 fully saturated rings. The maximum absolute atomic E-state index is 5.36. The van der Waals surface area contributed by atoms with Crippen LogP contribution in [0.15, 0.2) is 182 Å². The molecule has 4 heterocycles. The second-order valence-corrected chi connectivity index (χ2v) is 15.7. The first-order valence-corrected chi connectivity index (χ1v) is 20.5. The van der Waals surface area contributed by atoms with Crippen LogP contribution >= 0.6 is 0 Å². The molecule has 7 heteroatoms. The Balaban J connectivity index is 0.00000420. The van der Waals surface area contributed by atoms with Gasteiger partial charge in [-0.3, -0.25) is 4.98 Å². The van der Waals surface area contributed by atoms with Gasteiger partial charge in [-0.25, -0.2) is 0 Å². The van der Waals surface area contributed by atoms with Gasteiger partial charge in [-0.1, -0.05) is 103 Å². The van der Waals surface area contributed by atoms with Gasteiger partial charge in [0.15, 0.2) is 0 Å². The van der Waals surface area contributed by atoms with Gasteiger partial charge >= 0.3 is 21.1 Å². The quantitative estimate of drug-likeness (QED) is 0.127. The van der Waals surface area contributed by atoms with Gasteiger partial charge in [-0.2, -0.15) is 0 Å². The van der Waals surface area contributed by atoms with Gasteiger partial charge in [0.1, 0.15) is 0 Å². The van der Waals surface area contributed by atoms with Crippen LogP contribution in [-0.2, 0) is 21.1 Å². The second kappa shape index (κ2) is 14.6. The fourth-order valence-corrected chi connectivity index (χ4v) is 9.57. The topological polar surface area (TPSA) is 37.2 Å². The van der Waals surface area contributed by atoms with Crippen molar-refractivity contribution in [1.29, 1.82) is 0 Å². The molecule has 5 nitrogen and oxygen atoms in total. The van der Waals surface area contributed by atoms with E-state index in [1.807, 2.05) is 6.20 Å². The van der Waals surface area contributed by atoms with Crippen LogP contribution in [0, 0.1) is 26.0 Å². The summed E-state index contributed by atoms with van der Waals surface area (Å²) in [5.74, 6) is 0.863. The molecular formula is C54H36BN5Pt. The van der Waals surface area contributed by atoms with Crippen molar-refractivity contribution >= 4 is 79.0 Å². The molecule has 0 N–H and O–H groups in total. The number of nitrogens with zero attached hydrogens (tertiary/aromatic N) is 5. The number of para-hydroxylation sites is 5. The number of rotatable bonds is 5. The van der Waals surface area contributed by atoms with Gasteiger partial charge in [-0.15, -0.1) is 58.5 Å². The summed E-state index contributed by atoms with van der Waals surface area (Å²) < 4.78 is 2.33. The maximum Gasteiger partial charge on any atom is 2.00 e. The molecule has 10 aromatic rings. The van der Waals surface area contributed by atoms with Crippen LogP contribution in [-0.4, -0.2) is 21.2 Å². The summed E-state index contributed by atoms with van der Waals surface area (Å²) in [5.41, 5.74) is 18.3. The van der Waals surface area contributed by atoms with Crippen LogP contribution in [0.2, 0.25) is 0 Å². The molecule has 8 aromatic carbocycles. The van der Waals surface area contributed by atoms with Crippen molar-refractivity contribution in [2.24, 2.45) is 0 Å². The van der Waals surface area contributed by atoms with Crippen LogP contribution in [0.1, 0.15) is 11.1 Å². The molecule has 61 heavy (non-hydrogen) atoms. The average molecular weight is 961 g/mol. The zero-order chi connectivity index (χ0) is 39.9. The number of anilines is 6. The van der Waals surface area contributed by atoms with Crippen molar-refractivity contribution in [3.05, 3.63) is 205 Å². The molecule has 0 atom stereocenters. The van der Waals surface area contributed by atoms with Gasteiger partial charge in [0.05, 0.1) is 16.9 Å². The summed E-state index contributed by atoms with van der Waals surface area (Å²) in [5, 5.41) is 2.27. The molecule has 0 spiro atoms. The van der Waals surface area contributed by atoms with Crippen LogP contribution in [0.5, 0.6) is 0 Å². The third-order valence-corrected chi connectivity index (χ3v) is 12.2. The zero-order valence-electron chi connectivity index (χ0n) is 33.5. The number of imidazole rings is 1. The van der Waals surface area contributed by atoms with Crippen molar-refractivity contribution in [3.63, 3.8) is 0 Å². The van der Waals surface area contributed by atoms with Crippen LogP contribution in [0.4, 0.5) is 34.1 Å². The molecule has 0 saturated heterocycles. The summed E-state index contributed by atoms with van der Waals surface area (Å²) >= 11 is 0. The predicted molar refractivity (Wildman–Crippen MR) is 248 cm³/mol. The number of aryl methyl sites for hydroxylation is 2. The summed E-state index contributed by atoms with van der Waals surface area (Å²) in [7, 11) is 0. The zero-order valence-corrected chi connectivity index (χ0v) is 35.7. The van der Waals surface area contributed by atoms with E-state index < -0.39 is 0 Å². The maximum atomic E-state index is 5.36. The van der Waals surface area contributed by atoms with E-state index in [2.05, 4.69) is 216 Å². The first kappa shape index (κ1) is 37.0. The van der Waals surface area contributed by atoms with Crippen LogP contribution < -0.4 is 26.2 Å². The molecular weight excluding hydrogens is 925 g/mol. The molecule has 0 saturated carbocycles. The van der Waals surface area contributed by atoms with Crippen LogP contribution in [0.3, 0.4) is 0 Å². The molecule has 0 amide bonds. The largest absolute Gasteiger partial charge is 2.00 e. The van der Waals surface area contributed by atoms with Gasteiger partial charge in [0.25, 0.3) is 0 Å². The monoisotopic (exact) mass is 960 g/mol. The summed E-state index contributed by atoms with van der Waals surface area (Å²) in [6.07, 6.45) is 1.97. The number of benzene rings is 8. The Bertz CT molecular complexity index is 3290. The summed E-state index contributed by atoms with van der Waals surface area (Å²) in [6.45, 7) is 4.17. The molecule has 0 aliphatic carbocycles. The van der Waals surface area contributed by atoms with Crippen molar-refractivity contribution in [1.82, 2.24) is 14.5 Å². The number of pyridine rings is 1. The van der Waals surface area contributed by atoms with E-state index in [4.69, 9.17) is 9.97 Å². The Morgan fingerprint density at radius 3 is 1.74 bits per heavy atom. The Labute approximate surface area is 370 Å². The van der Waals surface area contributed by atoms with E-state index in [-0.39, 0.29) is 27.8 Å². The molecule has 0 radical (unpaired) electrons. The number of hydrogen-bond donors (Lipinski definition) is 0. The minimum atomic E-state index is -0.195. The van der Waals surface area contributed by atoms with E-state index in [0.717, 1.165) is 95.2 Å². The molecule has 2 aliphatic rings. The smallest absolute Gasteiger partial charge is 0.353 e. The first-order valence-electron chi connectivity index (χ1n) is 20.5. The first-order chi connectivity index (χ1) is 29.6. The fourth-order valence-electron chi connectivity index (χ4n) is 9.57. The summed E-state index contributed by atoms with van der Waals surface area (Å²) in [6, 6.07) is 70.6. The van der Waals surface area contributed by atoms with Crippen molar-refractivity contribution in [3.8, 4) is 28.3 Å². The SMILES string of the molecule is Cc1cccc(C)c1-n1c(-c2[c-]c3c(cc2)N(c2ccccc2)c2cccc4c2B3c2[c-]c(-c3cc5ccccc5cn3)ccc2N4c2ccccc2)nc2ccccc21.[Pt+2].